The van der Waals surface area contributed by atoms with Crippen LogP contribution in [0.4, 0.5) is 11.4 Å². The highest BCUT2D eigenvalue weighted by Crippen LogP contribution is 2.26. The molecule has 0 aliphatic rings. The van der Waals surface area contributed by atoms with Crippen LogP contribution < -0.4 is 10.6 Å². The lowest BCUT2D eigenvalue weighted by Gasteiger charge is -2.17. The van der Waals surface area contributed by atoms with Gasteiger partial charge in [-0.2, -0.15) is 0 Å². The molecule has 122 valence electrons. The smallest absolute Gasteiger partial charge is 0.246 e. The number of amides is 1. The number of carbonyl (C=O) groups excluding carboxylic acids is 1. The van der Waals surface area contributed by atoms with Gasteiger partial charge in [0.25, 0.3) is 0 Å². The summed E-state index contributed by atoms with van der Waals surface area (Å²) in [6, 6.07) is 18.5. The number of nitrogens with one attached hydrogen (secondary N) is 2. The Morgan fingerprint density at radius 2 is 1.71 bits per heavy atom. The van der Waals surface area contributed by atoms with E-state index in [1.165, 1.54) is 0 Å². The number of rotatable bonds is 4. The third-order valence-electron chi connectivity index (χ3n) is 3.74. The molecule has 0 radical (unpaired) electrons. The van der Waals surface area contributed by atoms with E-state index in [0.717, 1.165) is 16.5 Å². The van der Waals surface area contributed by atoms with Crippen molar-refractivity contribution < 1.29 is 4.79 Å². The van der Waals surface area contributed by atoms with Gasteiger partial charge in [-0.25, -0.2) is 0 Å². The van der Waals surface area contributed by atoms with Crippen molar-refractivity contribution in [3.63, 3.8) is 0 Å². The van der Waals surface area contributed by atoms with Crippen molar-refractivity contribution in [2.45, 2.75) is 13.0 Å². The Hall–Kier alpha value is -2.23. The highest BCUT2D eigenvalue weighted by molar-refractivity contribution is 6.36. The van der Waals surface area contributed by atoms with Crippen LogP contribution in [-0.2, 0) is 4.79 Å². The molecule has 24 heavy (non-hydrogen) atoms. The number of anilines is 2. The topological polar surface area (TPSA) is 41.1 Å². The lowest BCUT2D eigenvalue weighted by atomic mass is 10.1. The second kappa shape index (κ2) is 7.12. The number of hydrogen-bond acceptors (Lipinski definition) is 2. The number of fused-ring (bicyclic) bond motifs is 1. The highest BCUT2D eigenvalue weighted by Gasteiger charge is 2.15. The Balaban J connectivity index is 1.76. The Labute approximate surface area is 150 Å². The summed E-state index contributed by atoms with van der Waals surface area (Å²) >= 11 is 12.0. The van der Waals surface area contributed by atoms with Crippen LogP contribution in [0.2, 0.25) is 10.0 Å². The summed E-state index contributed by atoms with van der Waals surface area (Å²) in [7, 11) is 0. The Kier molecular flexibility index (Phi) is 4.93. The summed E-state index contributed by atoms with van der Waals surface area (Å²) < 4.78 is 0. The highest BCUT2D eigenvalue weighted by atomic mass is 35.5. The molecule has 0 saturated carbocycles. The van der Waals surface area contributed by atoms with E-state index in [0.29, 0.717) is 15.7 Å². The van der Waals surface area contributed by atoms with E-state index < -0.39 is 6.04 Å². The number of carbonyl (C=O) groups is 1. The van der Waals surface area contributed by atoms with Crippen LogP contribution in [0.15, 0.2) is 60.7 Å². The predicted octanol–water partition coefficient (Wildman–Crippen LogP) is 5.59. The van der Waals surface area contributed by atoms with Gasteiger partial charge in [0.15, 0.2) is 0 Å². The largest absolute Gasteiger partial charge is 0.373 e. The van der Waals surface area contributed by atoms with Gasteiger partial charge in [0.2, 0.25) is 5.91 Å². The second-order valence-corrected chi connectivity index (χ2v) is 6.35. The molecule has 0 bridgehead atoms. The molecule has 3 rings (SSSR count). The third-order valence-corrected chi connectivity index (χ3v) is 4.29. The molecule has 3 aromatic carbocycles. The van der Waals surface area contributed by atoms with Gasteiger partial charge >= 0.3 is 0 Å². The molecule has 3 nitrogen and oxygen atoms in total. The summed E-state index contributed by atoms with van der Waals surface area (Å²) in [6.45, 7) is 1.81. The van der Waals surface area contributed by atoms with Crippen LogP contribution >= 0.6 is 23.2 Å². The summed E-state index contributed by atoms with van der Waals surface area (Å²) in [5.74, 6) is -0.174. The summed E-state index contributed by atoms with van der Waals surface area (Å²) in [6.07, 6.45) is 0. The first kappa shape index (κ1) is 16.6. The van der Waals surface area contributed by atoms with E-state index >= 15 is 0 Å². The number of halogens is 2. The zero-order valence-corrected chi connectivity index (χ0v) is 14.5. The van der Waals surface area contributed by atoms with Gasteiger partial charge in [0.05, 0.1) is 10.7 Å². The molecule has 0 spiro atoms. The summed E-state index contributed by atoms with van der Waals surface area (Å²) in [5.41, 5.74) is 1.45. The van der Waals surface area contributed by atoms with Crippen LogP contribution in [-0.4, -0.2) is 11.9 Å². The Morgan fingerprint density at radius 3 is 2.50 bits per heavy atom. The molecule has 1 amide bonds. The van der Waals surface area contributed by atoms with Gasteiger partial charge in [-0.15, -0.1) is 0 Å². The first-order valence-corrected chi connectivity index (χ1v) is 8.30. The molecule has 5 heteroatoms. The minimum atomic E-state index is -0.428. The van der Waals surface area contributed by atoms with Crippen LogP contribution in [0, 0.1) is 0 Å². The SMILES string of the molecule is C[C@@H](Nc1cccc2ccccc12)C(=O)Nc1ccc(Cl)cc1Cl. The summed E-state index contributed by atoms with van der Waals surface area (Å²) in [4.78, 5) is 12.4. The second-order valence-electron chi connectivity index (χ2n) is 5.51. The average Bonchev–Trinajstić information content (AvgIpc) is 2.57. The van der Waals surface area contributed by atoms with Crippen LogP contribution in [0.1, 0.15) is 6.92 Å². The molecule has 0 aromatic heterocycles. The van der Waals surface area contributed by atoms with E-state index in [9.17, 15) is 4.79 Å². The minimum absolute atomic E-state index is 0.174. The van der Waals surface area contributed by atoms with Gasteiger partial charge in [-0.05, 0) is 36.6 Å². The van der Waals surface area contributed by atoms with Gasteiger partial charge in [-0.3, -0.25) is 4.79 Å². The van der Waals surface area contributed by atoms with Gasteiger partial charge < -0.3 is 10.6 Å². The molecular weight excluding hydrogens is 343 g/mol. The molecule has 0 unspecified atom stereocenters. The van der Waals surface area contributed by atoms with Crippen molar-refractivity contribution in [2.24, 2.45) is 0 Å². The lowest BCUT2D eigenvalue weighted by Crippen LogP contribution is -2.32. The molecule has 1 atom stereocenters. The van der Waals surface area contributed by atoms with Gasteiger partial charge in [0, 0.05) is 16.1 Å². The monoisotopic (exact) mass is 358 g/mol. The van der Waals surface area contributed by atoms with Crippen LogP contribution in [0.3, 0.4) is 0 Å². The first-order valence-electron chi connectivity index (χ1n) is 7.55. The third kappa shape index (κ3) is 3.64. The molecule has 0 saturated heterocycles. The molecule has 0 aliphatic heterocycles. The van der Waals surface area contributed by atoms with Crippen molar-refractivity contribution in [2.75, 3.05) is 10.6 Å². The minimum Gasteiger partial charge on any atom is -0.373 e. The van der Waals surface area contributed by atoms with Crippen LogP contribution in [0.5, 0.6) is 0 Å². The van der Waals surface area contributed by atoms with Crippen molar-refractivity contribution in [3.05, 3.63) is 70.7 Å². The standard InChI is InChI=1S/C19H16Cl2N2O/c1-12(19(24)23-18-10-9-14(20)11-16(18)21)22-17-8-4-6-13-5-2-3-7-15(13)17/h2-12,22H,1H3,(H,23,24)/t12-/m1/s1. The molecule has 2 N–H and O–H groups in total. The fourth-order valence-corrected chi connectivity index (χ4v) is 2.94. The summed E-state index contributed by atoms with van der Waals surface area (Å²) in [5, 5.41) is 9.20. The molecule has 0 aliphatic carbocycles. The van der Waals surface area contributed by atoms with Crippen molar-refractivity contribution in [1.82, 2.24) is 0 Å². The normalized spacial score (nSPS) is 12.0. The molecule has 3 aromatic rings. The van der Waals surface area contributed by atoms with E-state index in [1.54, 1.807) is 25.1 Å². The molecular formula is C19H16Cl2N2O. The van der Waals surface area contributed by atoms with Gasteiger partial charge in [0.1, 0.15) is 6.04 Å². The maximum absolute atomic E-state index is 12.4. The van der Waals surface area contributed by atoms with Crippen molar-refractivity contribution in [3.8, 4) is 0 Å². The van der Waals surface area contributed by atoms with E-state index in [2.05, 4.69) is 10.6 Å². The fourth-order valence-electron chi connectivity index (χ4n) is 2.48. The maximum atomic E-state index is 12.4. The van der Waals surface area contributed by atoms with Crippen LogP contribution in [0.25, 0.3) is 10.8 Å². The Bertz CT molecular complexity index is 890. The Morgan fingerprint density at radius 1 is 0.958 bits per heavy atom. The van der Waals surface area contributed by atoms with E-state index in [4.69, 9.17) is 23.2 Å². The zero-order chi connectivity index (χ0) is 17.1. The number of hydrogen-bond donors (Lipinski definition) is 2. The predicted molar refractivity (Wildman–Crippen MR) is 102 cm³/mol. The van der Waals surface area contributed by atoms with Crippen molar-refractivity contribution in [1.29, 1.82) is 0 Å². The van der Waals surface area contributed by atoms with E-state index in [-0.39, 0.29) is 5.91 Å². The average molecular weight is 359 g/mol. The first-order chi connectivity index (χ1) is 11.5. The van der Waals surface area contributed by atoms with Gasteiger partial charge in [-0.1, -0.05) is 59.6 Å². The van der Waals surface area contributed by atoms with Crippen molar-refractivity contribution >= 4 is 51.3 Å². The molecule has 0 heterocycles. The quantitative estimate of drug-likeness (QED) is 0.638. The zero-order valence-electron chi connectivity index (χ0n) is 13.0. The lowest BCUT2D eigenvalue weighted by molar-refractivity contribution is -0.116. The fraction of sp³-hybridized carbons (Fsp3) is 0.105. The maximum Gasteiger partial charge on any atom is 0.246 e. The number of benzene rings is 3. The van der Waals surface area contributed by atoms with E-state index in [1.807, 2.05) is 42.5 Å². The molecule has 0 fully saturated rings.